The Balaban J connectivity index is 1.25. The molecule has 0 unspecified atom stereocenters. The lowest BCUT2D eigenvalue weighted by Crippen LogP contribution is -2.15. The van der Waals surface area contributed by atoms with Crippen molar-refractivity contribution in [2.75, 3.05) is 0 Å². The molecular formula is C44H31N3. The van der Waals surface area contributed by atoms with Crippen LogP contribution in [0, 0.1) is 0 Å². The lowest BCUT2D eigenvalue weighted by atomic mass is 9.82. The van der Waals surface area contributed by atoms with Gasteiger partial charge in [-0.25, -0.2) is 15.0 Å². The molecule has 0 radical (unpaired) electrons. The van der Waals surface area contributed by atoms with Gasteiger partial charge in [0.05, 0.1) is 0 Å². The molecule has 8 aromatic rings. The highest BCUT2D eigenvalue weighted by Crippen LogP contribution is 2.49. The molecule has 0 amide bonds. The van der Waals surface area contributed by atoms with Crippen LogP contribution in [-0.2, 0) is 5.41 Å². The van der Waals surface area contributed by atoms with Crippen molar-refractivity contribution in [2.24, 2.45) is 0 Å². The normalized spacial score (nSPS) is 13.1. The van der Waals surface area contributed by atoms with E-state index >= 15 is 0 Å². The Bertz CT molecular complexity index is 2490. The fraction of sp³-hybridized carbons (Fsp3) is 0.0682. The molecule has 3 nitrogen and oxygen atoms in total. The third-order valence-corrected chi connectivity index (χ3v) is 9.75. The lowest BCUT2D eigenvalue weighted by Gasteiger charge is -2.21. The molecule has 1 aliphatic rings. The van der Waals surface area contributed by atoms with Crippen molar-refractivity contribution < 1.29 is 0 Å². The highest BCUT2D eigenvalue weighted by molar-refractivity contribution is 6.08. The summed E-state index contributed by atoms with van der Waals surface area (Å²) in [4.78, 5) is 15.4. The maximum atomic E-state index is 5.20. The lowest BCUT2D eigenvalue weighted by molar-refractivity contribution is 0.660. The molecule has 3 heteroatoms. The van der Waals surface area contributed by atoms with E-state index in [0.717, 1.165) is 22.1 Å². The van der Waals surface area contributed by atoms with E-state index in [0.29, 0.717) is 17.5 Å². The number of aromatic nitrogens is 3. The van der Waals surface area contributed by atoms with Gasteiger partial charge in [0.1, 0.15) is 0 Å². The third-order valence-electron chi connectivity index (χ3n) is 9.75. The van der Waals surface area contributed by atoms with Crippen LogP contribution in [0.15, 0.2) is 152 Å². The van der Waals surface area contributed by atoms with Gasteiger partial charge in [-0.1, -0.05) is 159 Å². The predicted molar refractivity (Wildman–Crippen MR) is 194 cm³/mol. The number of fused-ring (bicyclic) bond motifs is 5. The van der Waals surface area contributed by atoms with Gasteiger partial charge in [-0.3, -0.25) is 0 Å². The van der Waals surface area contributed by atoms with Crippen molar-refractivity contribution in [3.8, 4) is 56.4 Å². The topological polar surface area (TPSA) is 38.7 Å². The molecule has 0 aliphatic heterocycles. The minimum atomic E-state index is -0.117. The van der Waals surface area contributed by atoms with E-state index in [9.17, 15) is 0 Å². The Hall–Kier alpha value is -5.93. The van der Waals surface area contributed by atoms with Crippen LogP contribution in [0.1, 0.15) is 25.0 Å². The van der Waals surface area contributed by atoms with Crippen LogP contribution in [0.5, 0.6) is 0 Å². The number of nitrogens with zero attached hydrogens (tertiary/aromatic N) is 3. The first kappa shape index (κ1) is 27.4. The average Bonchev–Trinajstić information content (AvgIpc) is 3.36. The average molecular weight is 602 g/mol. The van der Waals surface area contributed by atoms with Gasteiger partial charge in [-0.2, -0.15) is 0 Å². The molecule has 1 heterocycles. The molecule has 1 aromatic heterocycles. The van der Waals surface area contributed by atoms with Crippen molar-refractivity contribution in [3.63, 3.8) is 0 Å². The fourth-order valence-corrected chi connectivity index (χ4v) is 7.39. The first-order valence-corrected chi connectivity index (χ1v) is 16.1. The molecule has 0 N–H and O–H groups in total. The summed E-state index contributed by atoms with van der Waals surface area (Å²) in [5, 5.41) is 4.75. The molecule has 0 saturated heterocycles. The van der Waals surface area contributed by atoms with Crippen LogP contribution in [-0.4, -0.2) is 15.0 Å². The molecule has 0 spiro atoms. The van der Waals surface area contributed by atoms with Crippen LogP contribution in [0.3, 0.4) is 0 Å². The molecule has 1 aliphatic carbocycles. The summed E-state index contributed by atoms with van der Waals surface area (Å²) in [7, 11) is 0. The Labute approximate surface area is 274 Å². The van der Waals surface area contributed by atoms with Crippen LogP contribution >= 0.6 is 0 Å². The van der Waals surface area contributed by atoms with Crippen LogP contribution in [0.25, 0.3) is 78.0 Å². The Kier molecular flexibility index (Phi) is 6.16. The van der Waals surface area contributed by atoms with Gasteiger partial charge in [0.2, 0.25) is 0 Å². The van der Waals surface area contributed by atoms with Gasteiger partial charge >= 0.3 is 0 Å². The minimum Gasteiger partial charge on any atom is -0.208 e. The first-order chi connectivity index (χ1) is 23.1. The molecule has 47 heavy (non-hydrogen) atoms. The van der Waals surface area contributed by atoms with Crippen molar-refractivity contribution in [2.45, 2.75) is 19.3 Å². The Morgan fingerprint density at radius 1 is 0.362 bits per heavy atom. The van der Waals surface area contributed by atoms with Crippen molar-refractivity contribution in [1.82, 2.24) is 15.0 Å². The van der Waals surface area contributed by atoms with Crippen molar-refractivity contribution in [3.05, 3.63) is 163 Å². The summed E-state index contributed by atoms with van der Waals surface area (Å²) >= 11 is 0. The second-order valence-corrected chi connectivity index (χ2v) is 12.8. The van der Waals surface area contributed by atoms with Gasteiger partial charge < -0.3 is 0 Å². The standard InChI is InChI=1S/C44H31N3/c1-44(2)39-24-9-8-18-36(39)37-26-25-30(27-40(37)44)42-45-41(29-14-4-3-5-15-29)46-43(47-42)38-23-12-21-34-33(20-11-22-35(34)38)32-19-10-16-28-13-6-7-17-31(28)32/h3-27H,1-2H3. The monoisotopic (exact) mass is 601 g/mol. The zero-order valence-electron chi connectivity index (χ0n) is 26.3. The summed E-state index contributed by atoms with van der Waals surface area (Å²) in [6, 6.07) is 53.7. The van der Waals surface area contributed by atoms with Gasteiger partial charge in [0, 0.05) is 22.1 Å². The number of rotatable bonds is 4. The summed E-state index contributed by atoms with van der Waals surface area (Å²) < 4.78 is 0. The van der Waals surface area contributed by atoms with E-state index in [1.54, 1.807) is 0 Å². The van der Waals surface area contributed by atoms with Gasteiger partial charge in [-0.05, 0) is 61.0 Å². The molecule has 0 bridgehead atoms. The van der Waals surface area contributed by atoms with Crippen LogP contribution in [0.2, 0.25) is 0 Å². The van der Waals surface area contributed by atoms with Gasteiger partial charge in [-0.15, -0.1) is 0 Å². The summed E-state index contributed by atoms with van der Waals surface area (Å²) in [5.74, 6) is 2.00. The zero-order valence-corrected chi connectivity index (χ0v) is 26.3. The van der Waals surface area contributed by atoms with Gasteiger partial charge in [0.15, 0.2) is 17.5 Å². The molecule has 222 valence electrons. The third kappa shape index (κ3) is 4.39. The number of benzene rings is 7. The van der Waals surface area contributed by atoms with Crippen LogP contribution < -0.4 is 0 Å². The smallest absolute Gasteiger partial charge is 0.164 e. The van der Waals surface area contributed by atoms with E-state index in [-0.39, 0.29) is 5.41 Å². The highest BCUT2D eigenvalue weighted by atomic mass is 15.0. The zero-order chi connectivity index (χ0) is 31.5. The van der Waals surface area contributed by atoms with E-state index in [1.165, 1.54) is 49.5 Å². The van der Waals surface area contributed by atoms with Crippen LogP contribution in [0.4, 0.5) is 0 Å². The second-order valence-electron chi connectivity index (χ2n) is 12.8. The maximum absolute atomic E-state index is 5.20. The largest absolute Gasteiger partial charge is 0.208 e. The van der Waals surface area contributed by atoms with Crippen molar-refractivity contribution in [1.29, 1.82) is 0 Å². The second kappa shape index (κ2) is 10.6. The quantitative estimate of drug-likeness (QED) is 0.201. The van der Waals surface area contributed by atoms with E-state index < -0.39 is 0 Å². The molecule has 9 rings (SSSR count). The van der Waals surface area contributed by atoms with E-state index in [2.05, 4.69) is 147 Å². The molecule has 7 aromatic carbocycles. The van der Waals surface area contributed by atoms with E-state index in [4.69, 9.17) is 15.0 Å². The SMILES string of the molecule is CC1(C)c2ccccc2-c2ccc(-c3nc(-c4ccccc4)nc(-c4cccc5c(-c6cccc7ccccc67)cccc45)n3)cc21. The number of hydrogen-bond donors (Lipinski definition) is 0. The summed E-state index contributed by atoms with van der Waals surface area (Å²) in [6.07, 6.45) is 0. The summed E-state index contributed by atoms with van der Waals surface area (Å²) in [6.45, 7) is 4.61. The minimum absolute atomic E-state index is 0.117. The van der Waals surface area contributed by atoms with E-state index in [1.807, 2.05) is 18.2 Å². The number of hydrogen-bond acceptors (Lipinski definition) is 3. The van der Waals surface area contributed by atoms with Gasteiger partial charge in [0.25, 0.3) is 0 Å². The highest BCUT2D eigenvalue weighted by Gasteiger charge is 2.35. The molecule has 0 saturated carbocycles. The molecule has 0 atom stereocenters. The maximum Gasteiger partial charge on any atom is 0.164 e. The summed E-state index contributed by atoms with van der Waals surface area (Å²) in [5.41, 5.74) is 10.5. The predicted octanol–water partition coefficient (Wildman–Crippen LogP) is 11.2. The molecular weight excluding hydrogens is 571 g/mol. The van der Waals surface area contributed by atoms with Crippen molar-refractivity contribution >= 4 is 21.5 Å². The molecule has 0 fully saturated rings. The Morgan fingerprint density at radius 2 is 0.894 bits per heavy atom. The fourth-order valence-electron chi connectivity index (χ4n) is 7.39. The first-order valence-electron chi connectivity index (χ1n) is 16.1. The Morgan fingerprint density at radius 3 is 1.72 bits per heavy atom.